The number of amides is 1. The highest BCUT2D eigenvalue weighted by molar-refractivity contribution is 6.02. The van der Waals surface area contributed by atoms with Crippen LogP contribution in [0.1, 0.15) is 10.4 Å². The molecular formula is C13H15NO6. The maximum atomic E-state index is 12.0. The molecule has 1 heterocycles. The number of methoxy groups -OCH3 is 1. The Bertz CT molecular complexity index is 510. The number of benzene rings is 1. The largest absolute Gasteiger partial charge is 0.497 e. The number of ether oxygens (including phenoxy) is 3. The smallest absolute Gasteiger partial charge is 0.337 e. The van der Waals surface area contributed by atoms with Crippen molar-refractivity contribution in [1.29, 1.82) is 0 Å². The van der Waals surface area contributed by atoms with Gasteiger partial charge in [-0.2, -0.15) is 0 Å². The molecule has 0 saturated carbocycles. The Morgan fingerprint density at radius 2 is 2.20 bits per heavy atom. The molecule has 1 unspecified atom stereocenters. The van der Waals surface area contributed by atoms with E-state index in [1.807, 2.05) is 0 Å². The third-order valence-electron chi connectivity index (χ3n) is 2.82. The van der Waals surface area contributed by atoms with Crippen LogP contribution in [0.2, 0.25) is 0 Å². The van der Waals surface area contributed by atoms with Crippen LogP contribution in [0.3, 0.4) is 0 Å². The van der Waals surface area contributed by atoms with Crippen molar-refractivity contribution in [1.82, 2.24) is 0 Å². The van der Waals surface area contributed by atoms with Crippen molar-refractivity contribution in [2.45, 2.75) is 6.10 Å². The quantitative estimate of drug-likeness (QED) is 0.845. The van der Waals surface area contributed by atoms with Crippen LogP contribution in [-0.2, 0) is 14.3 Å². The molecule has 20 heavy (non-hydrogen) atoms. The van der Waals surface area contributed by atoms with Crippen LogP contribution < -0.4 is 10.1 Å². The van der Waals surface area contributed by atoms with Gasteiger partial charge in [-0.3, -0.25) is 4.79 Å². The fourth-order valence-corrected chi connectivity index (χ4v) is 1.79. The average Bonchev–Trinajstić information content (AvgIpc) is 2.48. The first-order valence-electron chi connectivity index (χ1n) is 6.03. The number of carbonyl (C=O) groups excluding carboxylic acids is 1. The van der Waals surface area contributed by atoms with Crippen molar-refractivity contribution in [2.24, 2.45) is 0 Å². The minimum Gasteiger partial charge on any atom is -0.497 e. The first-order chi connectivity index (χ1) is 9.61. The van der Waals surface area contributed by atoms with Crippen molar-refractivity contribution in [3.63, 3.8) is 0 Å². The highest BCUT2D eigenvalue weighted by Crippen LogP contribution is 2.22. The number of anilines is 1. The number of nitrogens with one attached hydrogen (secondary N) is 1. The van der Waals surface area contributed by atoms with Crippen molar-refractivity contribution < 1.29 is 28.9 Å². The van der Waals surface area contributed by atoms with Crippen LogP contribution in [-0.4, -0.2) is 50.0 Å². The summed E-state index contributed by atoms with van der Waals surface area (Å²) in [6.45, 7) is 0.948. The maximum absolute atomic E-state index is 12.0. The van der Waals surface area contributed by atoms with Crippen LogP contribution in [0.25, 0.3) is 0 Å². The van der Waals surface area contributed by atoms with Gasteiger partial charge in [0.1, 0.15) is 5.75 Å². The Labute approximate surface area is 115 Å². The molecule has 1 aliphatic heterocycles. The summed E-state index contributed by atoms with van der Waals surface area (Å²) in [5.41, 5.74) is 0.145. The number of aromatic carboxylic acids is 1. The van der Waals surface area contributed by atoms with E-state index in [1.54, 1.807) is 6.07 Å². The Hall–Kier alpha value is -2.12. The van der Waals surface area contributed by atoms with E-state index >= 15 is 0 Å². The summed E-state index contributed by atoms with van der Waals surface area (Å²) in [6, 6.07) is 4.39. The summed E-state index contributed by atoms with van der Waals surface area (Å²) >= 11 is 0. The number of rotatable bonds is 4. The molecule has 1 amide bonds. The number of carboxylic acids is 1. The fraction of sp³-hybridized carbons (Fsp3) is 0.385. The van der Waals surface area contributed by atoms with Crippen LogP contribution in [0.5, 0.6) is 5.75 Å². The zero-order valence-electron chi connectivity index (χ0n) is 10.9. The Morgan fingerprint density at radius 3 is 2.80 bits per heavy atom. The van der Waals surface area contributed by atoms with Crippen LogP contribution in [0, 0.1) is 0 Å². The second-order valence-corrected chi connectivity index (χ2v) is 4.14. The van der Waals surface area contributed by atoms with Gasteiger partial charge in [-0.05, 0) is 18.2 Å². The molecule has 1 aromatic carbocycles. The van der Waals surface area contributed by atoms with E-state index < -0.39 is 18.0 Å². The zero-order valence-corrected chi connectivity index (χ0v) is 10.9. The molecular weight excluding hydrogens is 266 g/mol. The van der Waals surface area contributed by atoms with Crippen molar-refractivity contribution in [3.8, 4) is 5.75 Å². The first kappa shape index (κ1) is 14.3. The second kappa shape index (κ2) is 6.36. The summed E-state index contributed by atoms with van der Waals surface area (Å²) in [4.78, 5) is 23.1. The molecule has 7 heteroatoms. The molecule has 0 radical (unpaired) electrons. The van der Waals surface area contributed by atoms with E-state index in [-0.39, 0.29) is 17.9 Å². The van der Waals surface area contributed by atoms with Crippen LogP contribution >= 0.6 is 0 Å². The fourth-order valence-electron chi connectivity index (χ4n) is 1.79. The molecule has 1 aliphatic rings. The van der Waals surface area contributed by atoms with Gasteiger partial charge in [0.15, 0.2) is 6.10 Å². The van der Waals surface area contributed by atoms with E-state index in [9.17, 15) is 9.59 Å². The molecule has 2 rings (SSSR count). The van der Waals surface area contributed by atoms with Crippen LogP contribution in [0.4, 0.5) is 5.69 Å². The third-order valence-corrected chi connectivity index (χ3v) is 2.82. The molecule has 0 aliphatic carbocycles. The normalized spacial score (nSPS) is 18.4. The van der Waals surface area contributed by atoms with E-state index in [0.29, 0.717) is 19.0 Å². The minimum absolute atomic E-state index is 0.0468. The third kappa shape index (κ3) is 3.25. The standard InChI is InChI=1S/C13H15NO6/c1-18-8-2-3-10(9(6-8)13(16)17)14-12(15)11-7-19-4-5-20-11/h2-3,6,11H,4-5,7H2,1H3,(H,14,15)(H,16,17). The highest BCUT2D eigenvalue weighted by Gasteiger charge is 2.24. The SMILES string of the molecule is COc1ccc(NC(=O)C2COCCO2)c(C(=O)O)c1. The van der Waals surface area contributed by atoms with Gasteiger partial charge in [-0.1, -0.05) is 0 Å². The minimum atomic E-state index is -1.15. The summed E-state index contributed by atoms with van der Waals surface area (Å²) in [5.74, 6) is -1.19. The van der Waals surface area contributed by atoms with Crippen molar-refractivity contribution in [3.05, 3.63) is 23.8 Å². The maximum Gasteiger partial charge on any atom is 0.337 e. The van der Waals surface area contributed by atoms with Crippen molar-refractivity contribution in [2.75, 3.05) is 32.2 Å². The van der Waals surface area contributed by atoms with Gasteiger partial charge in [0.2, 0.25) is 0 Å². The molecule has 1 saturated heterocycles. The molecule has 1 fully saturated rings. The van der Waals surface area contributed by atoms with E-state index in [2.05, 4.69) is 5.32 Å². The molecule has 1 atom stereocenters. The molecule has 0 bridgehead atoms. The lowest BCUT2D eigenvalue weighted by atomic mass is 10.1. The Kier molecular flexibility index (Phi) is 4.54. The summed E-state index contributed by atoms with van der Waals surface area (Å²) in [6.07, 6.45) is -0.729. The van der Waals surface area contributed by atoms with Gasteiger partial charge in [-0.25, -0.2) is 4.79 Å². The van der Waals surface area contributed by atoms with E-state index in [1.165, 1.54) is 19.2 Å². The van der Waals surface area contributed by atoms with E-state index in [0.717, 1.165) is 0 Å². The number of hydrogen-bond acceptors (Lipinski definition) is 5. The predicted octanol–water partition coefficient (Wildman–Crippen LogP) is 0.747. The number of hydrogen-bond donors (Lipinski definition) is 2. The summed E-state index contributed by atoms with van der Waals surface area (Å²) in [5, 5.41) is 11.7. The number of carboxylic acid groups (broad SMARTS) is 1. The lowest BCUT2D eigenvalue weighted by Crippen LogP contribution is -2.39. The molecule has 1 aromatic rings. The zero-order chi connectivity index (χ0) is 14.5. The molecule has 108 valence electrons. The Balaban J connectivity index is 2.15. The lowest BCUT2D eigenvalue weighted by molar-refractivity contribution is -0.142. The highest BCUT2D eigenvalue weighted by atomic mass is 16.6. The molecule has 0 aromatic heterocycles. The topological polar surface area (TPSA) is 94.1 Å². The van der Waals surface area contributed by atoms with Crippen molar-refractivity contribution >= 4 is 17.6 Å². The number of carbonyl (C=O) groups is 2. The molecule has 7 nitrogen and oxygen atoms in total. The monoisotopic (exact) mass is 281 g/mol. The van der Waals surface area contributed by atoms with Gasteiger partial charge in [0.05, 0.1) is 38.2 Å². The predicted molar refractivity (Wildman–Crippen MR) is 69.1 cm³/mol. The summed E-state index contributed by atoms with van der Waals surface area (Å²) < 4.78 is 15.3. The van der Waals surface area contributed by atoms with Gasteiger partial charge in [-0.15, -0.1) is 0 Å². The van der Waals surface area contributed by atoms with E-state index in [4.69, 9.17) is 19.3 Å². The average molecular weight is 281 g/mol. The van der Waals surface area contributed by atoms with Gasteiger partial charge in [0, 0.05) is 0 Å². The second-order valence-electron chi connectivity index (χ2n) is 4.14. The van der Waals surface area contributed by atoms with Gasteiger partial charge < -0.3 is 24.6 Å². The molecule has 0 spiro atoms. The summed E-state index contributed by atoms with van der Waals surface area (Å²) in [7, 11) is 1.44. The van der Waals surface area contributed by atoms with Gasteiger partial charge in [0.25, 0.3) is 5.91 Å². The van der Waals surface area contributed by atoms with Gasteiger partial charge >= 0.3 is 5.97 Å². The lowest BCUT2D eigenvalue weighted by Gasteiger charge is -2.22. The Morgan fingerprint density at radius 1 is 1.40 bits per heavy atom. The van der Waals surface area contributed by atoms with Crippen LogP contribution in [0.15, 0.2) is 18.2 Å². The molecule has 2 N–H and O–H groups in total. The first-order valence-corrected chi connectivity index (χ1v) is 6.03.